The summed E-state index contributed by atoms with van der Waals surface area (Å²) in [5, 5.41) is -0.144. The van der Waals surface area contributed by atoms with Gasteiger partial charge in [-0.25, -0.2) is 13.2 Å². The molecule has 2 N–H and O–H groups in total. The molecule has 1 aromatic carbocycles. The second kappa shape index (κ2) is 4.41. The molecule has 0 aliphatic heterocycles. The first-order chi connectivity index (χ1) is 6.84. The molecule has 0 saturated carbocycles. The third kappa shape index (κ3) is 2.86. The van der Waals surface area contributed by atoms with Crippen LogP contribution in [0.1, 0.15) is 12.5 Å². The maximum Gasteiger partial charge on any atom is 0.256 e. The Labute approximate surface area is 91.0 Å². The van der Waals surface area contributed by atoms with Crippen LogP contribution in [0, 0.1) is 5.82 Å². The number of halogens is 4. The molecule has 0 heterocycles. The van der Waals surface area contributed by atoms with Crippen molar-refractivity contribution >= 4 is 11.6 Å². The highest BCUT2D eigenvalue weighted by atomic mass is 35.5. The molecule has 0 bridgehead atoms. The van der Waals surface area contributed by atoms with E-state index in [1.165, 1.54) is 25.1 Å². The SMILES string of the molecule is CC(N)(Cc1cccc(F)c1Cl)C(F)F. The lowest BCUT2D eigenvalue weighted by atomic mass is 9.94. The van der Waals surface area contributed by atoms with Crippen LogP contribution < -0.4 is 5.73 Å². The van der Waals surface area contributed by atoms with Crippen molar-refractivity contribution < 1.29 is 13.2 Å². The molecule has 1 aromatic rings. The molecule has 5 heteroatoms. The van der Waals surface area contributed by atoms with Gasteiger partial charge in [0.15, 0.2) is 0 Å². The lowest BCUT2D eigenvalue weighted by Crippen LogP contribution is -2.45. The number of hydrogen-bond acceptors (Lipinski definition) is 1. The fourth-order valence-electron chi connectivity index (χ4n) is 1.17. The van der Waals surface area contributed by atoms with Crippen molar-refractivity contribution in [3.05, 3.63) is 34.6 Å². The monoisotopic (exact) mass is 237 g/mol. The fourth-order valence-corrected chi connectivity index (χ4v) is 1.37. The summed E-state index contributed by atoms with van der Waals surface area (Å²) in [6.45, 7) is 1.21. The minimum Gasteiger partial charge on any atom is -0.320 e. The lowest BCUT2D eigenvalue weighted by Gasteiger charge is -2.24. The van der Waals surface area contributed by atoms with E-state index in [4.69, 9.17) is 17.3 Å². The summed E-state index contributed by atoms with van der Waals surface area (Å²) < 4.78 is 37.9. The maximum absolute atomic E-state index is 13.0. The van der Waals surface area contributed by atoms with Crippen molar-refractivity contribution in [1.29, 1.82) is 0 Å². The maximum atomic E-state index is 13.0. The van der Waals surface area contributed by atoms with E-state index in [0.29, 0.717) is 5.56 Å². The Bertz CT molecular complexity index is 353. The number of alkyl halides is 2. The minimum absolute atomic E-state index is 0.144. The van der Waals surface area contributed by atoms with Crippen LogP contribution in [-0.2, 0) is 6.42 Å². The Balaban J connectivity index is 2.95. The molecule has 84 valence electrons. The van der Waals surface area contributed by atoms with E-state index in [0.717, 1.165) is 0 Å². The highest BCUT2D eigenvalue weighted by Gasteiger charge is 2.31. The van der Waals surface area contributed by atoms with E-state index >= 15 is 0 Å². The van der Waals surface area contributed by atoms with Gasteiger partial charge in [0.05, 0.1) is 10.6 Å². The molecule has 1 rings (SSSR count). The first-order valence-electron chi connectivity index (χ1n) is 4.34. The number of rotatable bonds is 3. The van der Waals surface area contributed by atoms with Gasteiger partial charge in [0.1, 0.15) is 5.82 Å². The van der Waals surface area contributed by atoms with Crippen molar-refractivity contribution in [2.45, 2.75) is 25.3 Å². The van der Waals surface area contributed by atoms with Gasteiger partial charge in [-0.2, -0.15) is 0 Å². The smallest absolute Gasteiger partial charge is 0.256 e. The second-order valence-electron chi connectivity index (χ2n) is 3.70. The van der Waals surface area contributed by atoms with E-state index in [1.807, 2.05) is 0 Å². The molecule has 1 atom stereocenters. The average Bonchev–Trinajstić information content (AvgIpc) is 2.12. The van der Waals surface area contributed by atoms with Crippen molar-refractivity contribution in [3.63, 3.8) is 0 Å². The summed E-state index contributed by atoms with van der Waals surface area (Å²) in [7, 11) is 0. The van der Waals surface area contributed by atoms with Gasteiger partial charge in [-0.15, -0.1) is 0 Å². The quantitative estimate of drug-likeness (QED) is 0.859. The van der Waals surface area contributed by atoms with Crippen LogP contribution in [0.3, 0.4) is 0 Å². The minimum atomic E-state index is -2.68. The predicted octanol–water partition coefficient (Wildman–Crippen LogP) is 3.00. The standard InChI is InChI=1S/C10H11ClF3N/c1-10(15,9(13)14)5-6-3-2-4-7(12)8(6)11/h2-4,9H,5,15H2,1H3. The van der Waals surface area contributed by atoms with Crippen molar-refractivity contribution in [1.82, 2.24) is 0 Å². The summed E-state index contributed by atoms with van der Waals surface area (Å²) in [5.41, 5.74) is 3.98. The Kier molecular flexibility index (Phi) is 3.62. The molecule has 1 nitrogen and oxygen atoms in total. The molecule has 0 fully saturated rings. The first-order valence-corrected chi connectivity index (χ1v) is 4.72. The van der Waals surface area contributed by atoms with Crippen LogP contribution in [-0.4, -0.2) is 12.0 Å². The Morgan fingerprint density at radius 1 is 1.47 bits per heavy atom. The highest BCUT2D eigenvalue weighted by molar-refractivity contribution is 6.31. The molecule has 0 radical (unpaired) electrons. The van der Waals surface area contributed by atoms with Crippen LogP contribution in [0.4, 0.5) is 13.2 Å². The summed E-state index contributed by atoms with van der Waals surface area (Å²) in [6, 6.07) is 4.07. The molecule has 0 spiro atoms. The van der Waals surface area contributed by atoms with Gasteiger partial charge < -0.3 is 5.73 Å². The van der Waals surface area contributed by atoms with Crippen LogP contribution in [0.2, 0.25) is 5.02 Å². The third-order valence-corrected chi connectivity index (χ3v) is 2.52. The molecular weight excluding hydrogens is 227 g/mol. The molecule has 1 unspecified atom stereocenters. The predicted molar refractivity (Wildman–Crippen MR) is 53.7 cm³/mol. The molecule has 15 heavy (non-hydrogen) atoms. The number of benzene rings is 1. The summed E-state index contributed by atoms with van der Waals surface area (Å²) in [6.07, 6.45) is -2.85. The highest BCUT2D eigenvalue weighted by Crippen LogP contribution is 2.25. The molecular formula is C10H11ClF3N. The first kappa shape index (κ1) is 12.3. The van der Waals surface area contributed by atoms with Crippen LogP contribution in [0.5, 0.6) is 0 Å². The largest absolute Gasteiger partial charge is 0.320 e. The zero-order chi connectivity index (χ0) is 11.6. The average molecular weight is 238 g/mol. The topological polar surface area (TPSA) is 26.0 Å². The number of nitrogens with two attached hydrogens (primary N) is 1. The van der Waals surface area contributed by atoms with Crippen molar-refractivity contribution in [3.8, 4) is 0 Å². The summed E-state index contributed by atoms with van der Waals surface area (Å²) in [5.74, 6) is -0.626. The summed E-state index contributed by atoms with van der Waals surface area (Å²) >= 11 is 5.63. The van der Waals surface area contributed by atoms with Gasteiger partial charge in [0.25, 0.3) is 6.43 Å². The Morgan fingerprint density at radius 2 is 2.07 bits per heavy atom. The van der Waals surface area contributed by atoms with E-state index < -0.39 is 17.8 Å². The van der Waals surface area contributed by atoms with Gasteiger partial charge >= 0.3 is 0 Å². The van der Waals surface area contributed by atoms with Gasteiger partial charge in [-0.1, -0.05) is 23.7 Å². The molecule has 0 aromatic heterocycles. The van der Waals surface area contributed by atoms with E-state index in [1.54, 1.807) is 0 Å². The lowest BCUT2D eigenvalue weighted by molar-refractivity contribution is 0.0639. The van der Waals surface area contributed by atoms with Crippen LogP contribution >= 0.6 is 11.6 Å². The fraction of sp³-hybridized carbons (Fsp3) is 0.400. The zero-order valence-electron chi connectivity index (χ0n) is 8.11. The Morgan fingerprint density at radius 3 is 2.60 bits per heavy atom. The van der Waals surface area contributed by atoms with Gasteiger partial charge in [0.2, 0.25) is 0 Å². The molecule has 0 amide bonds. The van der Waals surface area contributed by atoms with Gasteiger partial charge in [-0.05, 0) is 25.0 Å². The summed E-state index contributed by atoms with van der Waals surface area (Å²) in [4.78, 5) is 0. The van der Waals surface area contributed by atoms with E-state index in [-0.39, 0.29) is 11.4 Å². The van der Waals surface area contributed by atoms with Crippen molar-refractivity contribution in [2.24, 2.45) is 5.73 Å². The van der Waals surface area contributed by atoms with Gasteiger partial charge in [0, 0.05) is 0 Å². The van der Waals surface area contributed by atoms with E-state index in [9.17, 15) is 13.2 Å². The van der Waals surface area contributed by atoms with Crippen molar-refractivity contribution in [2.75, 3.05) is 0 Å². The number of hydrogen-bond donors (Lipinski definition) is 1. The third-order valence-electron chi connectivity index (χ3n) is 2.10. The Hall–Kier alpha value is -0.740. The molecule has 0 aliphatic rings. The van der Waals surface area contributed by atoms with Gasteiger partial charge in [-0.3, -0.25) is 0 Å². The van der Waals surface area contributed by atoms with Crippen LogP contribution in [0.15, 0.2) is 18.2 Å². The van der Waals surface area contributed by atoms with E-state index in [2.05, 4.69) is 0 Å². The molecule has 0 saturated heterocycles. The van der Waals surface area contributed by atoms with Crippen LogP contribution in [0.25, 0.3) is 0 Å². The normalized spacial score (nSPS) is 15.4. The molecule has 0 aliphatic carbocycles. The second-order valence-corrected chi connectivity index (χ2v) is 4.07. The zero-order valence-corrected chi connectivity index (χ0v) is 8.86.